The Morgan fingerprint density at radius 3 is 2.67 bits per heavy atom. The quantitative estimate of drug-likeness (QED) is 0.877. The smallest absolute Gasteiger partial charge is 0.244 e. The summed E-state index contributed by atoms with van der Waals surface area (Å²) in [5.41, 5.74) is 8.94. The third-order valence-electron chi connectivity index (χ3n) is 3.25. The Hall–Kier alpha value is -1.22. The monoisotopic (exact) mass is 328 g/mol. The molecule has 2 aromatic rings. The van der Waals surface area contributed by atoms with Crippen LogP contribution in [0.1, 0.15) is 31.3 Å². The van der Waals surface area contributed by atoms with Gasteiger partial charge in [-0.2, -0.15) is 4.31 Å². The third kappa shape index (κ3) is 3.34. The van der Waals surface area contributed by atoms with E-state index in [1.165, 1.54) is 15.6 Å². The molecule has 8 heteroatoms. The van der Waals surface area contributed by atoms with Crippen molar-refractivity contribution in [1.82, 2.24) is 13.9 Å². The molecule has 2 aromatic heterocycles. The van der Waals surface area contributed by atoms with Gasteiger partial charge in [-0.25, -0.2) is 13.4 Å². The van der Waals surface area contributed by atoms with Gasteiger partial charge in [-0.3, -0.25) is 0 Å². The van der Waals surface area contributed by atoms with Crippen molar-refractivity contribution < 1.29 is 8.42 Å². The Bertz CT molecular complexity index is 690. The Balaban J connectivity index is 2.30. The van der Waals surface area contributed by atoms with E-state index in [9.17, 15) is 8.42 Å². The first kappa shape index (κ1) is 16.2. The Morgan fingerprint density at radius 2 is 2.19 bits per heavy atom. The molecular weight excluding hydrogens is 308 g/mol. The summed E-state index contributed by atoms with van der Waals surface area (Å²) in [6.07, 6.45) is 1.65. The van der Waals surface area contributed by atoms with Gasteiger partial charge in [0.05, 0.1) is 17.7 Å². The Labute approximate surface area is 129 Å². The fourth-order valence-corrected chi connectivity index (χ4v) is 3.83. The van der Waals surface area contributed by atoms with Gasteiger partial charge in [0.15, 0.2) is 0 Å². The predicted octanol–water partition coefficient (Wildman–Crippen LogP) is 1.80. The minimum atomic E-state index is -3.54. The second-order valence-corrected chi connectivity index (χ2v) is 7.88. The minimum Gasteiger partial charge on any atom is -0.346 e. The number of hydrogen-bond donors (Lipinski definition) is 1. The predicted molar refractivity (Wildman–Crippen MR) is 83.5 cm³/mol. The zero-order chi connectivity index (χ0) is 15.6. The van der Waals surface area contributed by atoms with E-state index >= 15 is 0 Å². The highest BCUT2D eigenvalue weighted by Gasteiger charge is 2.24. The van der Waals surface area contributed by atoms with E-state index in [4.69, 9.17) is 5.73 Å². The normalized spacial score (nSPS) is 12.5. The number of aromatic nitrogens is 2. The van der Waals surface area contributed by atoms with Gasteiger partial charge in [0.2, 0.25) is 10.0 Å². The topological polar surface area (TPSA) is 81.2 Å². The molecule has 0 saturated carbocycles. The number of thiazole rings is 1. The van der Waals surface area contributed by atoms with Crippen LogP contribution in [-0.2, 0) is 23.1 Å². The van der Waals surface area contributed by atoms with Crippen molar-refractivity contribution in [2.24, 2.45) is 5.73 Å². The van der Waals surface area contributed by atoms with Crippen molar-refractivity contribution in [3.8, 4) is 0 Å². The maximum Gasteiger partial charge on any atom is 0.244 e. The maximum absolute atomic E-state index is 12.6. The minimum absolute atomic E-state index is 0.163. The van der Waals surface area contributed by atoms with Gasteiger partial charge in [-0.15, -0.1) is 11.3 Å². The lowest BCUT2D eigenvalue weighted by Gasteiger charge is -2.15. The van der Waals surface area contributed by atoms with Crippen LogP contribution < -0.4 is 5.73 Å². The van der Waals surface area contributed by atoms with Gasteiger partial charge in [0.1, 0.15) is 4.90 Å². The van der Waals surface area contributed by atoms with E-state index in [-0.39, 0.29) is 17.5 Å². The van der Waals surface area contributed by atoms with Gasteiger partial charge in [0.25, 0.3) is 0 Å². The van der Waals surface area contributed by atoms with Crippen LogP contribution in [0.4, 0.5) is 0 Å². The summed E-state index contributed by atoms with van der Waals surface area (Å²) in [6.45, 7) is 4.56. The fraction of sp³-hybridized carbons (Fsp3) is 0.462. The molecule has 0 aliphatic rings. The van der Waals surface area contributed by atoms with E-state index in [1.54, 1.807) is 24.8 Å². The highest BCUT2D eigenvalue weighted by Crippen LogP contribution is 2.22. The standard InChI is InChI=1S/C13H20N4O2S2/c1-10(2)17-7-13(4-12(17)5-14)21(18,19)16(3)6-11-8-20-9-15-11/h4,7-10H,5-6,14H2,1-3H3. The molecule has 116 valence electrons. The molecule has 0 spiro atoms. The summed E-state index contributed by atoms with van der Waals surface area (Å²) in [7, 11) is -1.98. The fourth-order valence-electron chi connectivity index (χ4n) is 2.09. The van der Waals surface area contributed by atoms with Gasteiger partial charge in [0, 0.05) is 36.9 Å². The molecule has 0 fully saturated rings. The van der Waals surface area contributed by atoms with E-state index in [1.807, 2.05) is 23.8 Å². The molecule has 2 N–H and O–H groups in total. The van der Waals surface area contributed by atoms with Crippen LogP contribution in [0.25, 0.3) is 0 Å². The largest absolute Gasteiger partial charge is 0.346 e. The van der Waals surface area contributed by atoms with Crippen LogP contribution in [0.2, 0.25) is 0 Å². The molecule has 0 aromatic carbocycles. The first-order valence-corrected chi connectivity index (χ1v) is 8.98. The van der Waals surface area contributed by atoms with Crippen LogP contribution in [0.15, 0.2) is 28.0 Å². The maximum atomic E-state index is 12.6. The van der Waals surface area contributed by atoms with E-state index < -0.39 is 10.0 Å². The molecule has 21 heavy (non-hydrogen) atoms. The second-order valence-electron chi connectivity index (χ2n) is 5.11. The molecule has 6 nitrogen and oxygen atoms in total. The number of sulfonamides is 1. The van der Waals surface area contributed by atoms with E-state index in [0.29, 0.717) is 6.54 Å². The van der Waals surface area contributed by atoms with Crippen LogP contribution in [-0.4, -0.2) is 29.3 Å². The average molecular weight is 328 g/mol. The molecule has 0 atom stereocenters. The summed E-state index contributed by atoms with van der Waals surface area (Å²) >= 11 is 1.45. The molecule has 0 bridgehead atoms. The Morgan fingerprint density at radius 1 is 1.48 bits per heavy atom. The molecule has 2 rings (SSSR count). The highest BCUT2D eigenvalue weighted by molar-refractivity contribution is 7.89. The van der Waals surface area contributed by atoms with Crippen molar-refractivity contribution in [2.75, 3.05) is 7.05 Å². The molecular formula is C13H20N4O2S2. The van der Waals surface area contributed by atoms with Gasteiger partial charge >= 0.3 is 0 Å². The van der Waals surface area contributed by atoms with Crippen molar-refractivity contribution in [3.05, 3.63) is 34.5 Å². The molecule has 0 aliphatic heterocycles. The van der Waals surface area contributed by atoms with Crippen molar-refractivity contribution in [3.63, 3.8) is 0 Å². The first-order valence-electron chi connectivity index (χ1n) is 6.60. The summed E-state index contributed by atoms with van der Waals surface area (Å²) in [6, 6.07) is 1.81. The molecule has 2 heterocycles. The zero-order valence-corrected chi connectivity index (χ0v) is 14.0. The summed E-state index contributed by atoms with van der Waals surface area (Å²) in [5.74, 6) is 0. The molecule has 0 unspecified atom stereocenters. The van der Waals surface area contributed by atoms with Crippen molar-refractivity contribution >= 4 is 21.4 Å². The van der Waals surface area contributed by atoms with Crippen LogP contribution >= 0.6 is 11.3 Å². The summed E-state index contributed by atoms with van der Waals surface area (Å²) in [4.78, 5) is 4.39. The third-order valence-corrected chi connectivity index (χ3v) is 5.65. The number of nitrogens with two attached hydrogens (primary N) is 1. The van der Waals surface area contributed by atoms with E-state index in [2.05, 4.69) is 4.98 Å². The SMILES string of the molecule is CC(C)n1cc(S(=O)(=O)N(C)Cc2cscn2)cc1CN. The molecule has 0 amide bonds. The van der Waals surface area contributed by atoms with Gasteiger partial charge < -0.3 is 10.3 Å². The van der Waals surface area contributed by atoms with Crippen molar-refractivity contribution in [2.45, 2.75) is 37.9 Å². The van der Waals surface area contributed by atoms with Crippen molar-refractivity contribution in [1.29, 1.82) is 0 Å². The average Bonchev–Trinajstić information content (AvgIpc) is 3.06. The Kier molecular flexibility index (Phi) is 4.82. The molecule has 0 aliphatic carbocycles. The lowest BCUT2D eigenvalue weighted by molar-refractivity contribution is 0.462. The summed E-state index contributed by atoms with van der Waals surface area (Å²) < 4.78 is 28.4. The second kappa shape index (κ2) is 6.27. The molecule has 0 saturated heterocycles. The van der Waals surface area contributed by atoms with Crippen LogP contribution in [0.3, 0.4) is 0 Å². The summed E-state index contributed by atoms with van der Waals surface area (Å²) in [5, 5.41) is 1.84. The van der Waals surface area contributed by atoms with Crippen LogP contribution in [0, 0.1) is 0 Å². The molecule has 0 radical (unpaired) electrons. The van der Waals surface area contributed by atoms with Gasteiger partial charge in [-0.05, 0) is 19.9 Å². The lowest BCUT2D eigenvalue weighted by atomic mass is 10.3. The number of rotatable bonds is 6. The zero-order valence-electron chi connectivity index (χ0n) is 12.4. The van der Waals surface area contributed by atoms with Crippen LogP contribution in [0.5, 0.6) is 0 Å². The highest BCUT2D eigenvalue weighted by atomic mass is 32.2. The van der Waals surface area contributed by atoms with E-state index in [0.717, 1.165) is 11.4 Å². The lowest BCUT2D eigenvalue weighted by Crippen LogP contribution is -2.26. The number of hydrogen-bond acceptors (Lipinski definition) is 5. The van der Waals surface area contributed by atoms with Gasteiger partial charge in [-0.1, -0.05) is 0 Å². The number of nitrogens with zero attached hydrogens (tertiary/aromatic N) is 3. The first-order chi connectivity index (χ1) is 9.86.